The Kier molecular flexibility index (Phi) is 3.57. The van der Waals surface area contributed by atoms with Crippen LogP contribution < -0.4 is 5.73 Å². The van der Waals surface area contributed by atoms with E-state index in [1.807, 2.05) is 0 Å². The van der Waals surface area contributed by atoms with Gasteiger partial charge in [-0.15, -0.1) is 0 Å². The lowest BCUT2D eigenvalue weighted by molar-refractivity contribution is 0.0710. The highest BCUT2D eigenvalue weighted by Gasteiger charge is 2.40. The molecule has 1 saturated heterocycles. The molecule has 0 spiro atoms. The fourth-order valence-corrected chi connectivity index (χ4v) is 3.04. The Morgan fingerprint density at radius 3 is 2.50 bits per heavy atom. The van der Waals surface area contributed by atoms with Crippen LogP contribution in [0.2, 0.25) is 0 Å². The van der Waals surface area contributed by atoms with Gasteiger partial charge < -0.3 is 5.73 Å². The molecule has 0 aromatic carbocycles. The number of nitrogens with zero attached hydrogens (tertiary/aromatic N) is 2. The number of piperazine rings is 1. The van der Waals surface area contributed by atoms with Crippen molar-refractivity contribution in [3.05, 3.63) is 0 Å². The van der Waals surface area contributed by atoms with Crippen molar-refractivity contribution in [2.24, 2.45) is 11.7 Å². The first kappa shape index (κ1) is 12.3. The predicted molar refractivity (Wildman–Crippen MR) is 68.5 cm³/mol. The molecule has 1 aliphatic heterocycles. The summed E-state index contributed by atoms with van der Waals surface area (Å²) in [5.74, 6) is 0.784. The molecule has 1 saturated carbocycles. The number of nitrogens with two attached hydrogens (primary N) is 1. The third-order valence-corrected chi connectivity index (χ3v) is 4.33. The zero-order valence-corrected chi connectivity index (χ0v) is 11.1. The molecule has 2 rings (SSSR count). The van der Waals surface area contributed by atoms with E-state index in [0.717, 1.165) is 12.5 Å². The van der Waals surface area contributed by atoms with E-state index in [2.05, 4.69) is 30.6 Å². The Labute approximate surface area is 100.0 Å². The molecule has 0 radical (unpaired) electrons. The molecular formula is C13H27N3. The molecule has 3 heteroatoms. The standard InChI is InChI=1S/C13H27N3/c1-4-16-8-7-15(9-11(16)2)10-13(3,14)12-5-6-12/h11-12H,4-10,14H2,1-3H3. The summed E-state index contributed by atoms with van der Waals surface area (Å²) < 4.78 is 0. The minimum absolute atomic E-state index is 0.0497. The maximum absolute atomic E-state index is 6.41. The van der Waals surface area contributed by atoms with Gasteiger partial charge in [-0.2, -0.15) is 0 Å². The van der Waals surface area contributed by atoms with Gasteiger partial charge in [-0.05, 0) is 39.2 Å². The zero-order valence-electron chi connectivity index (χ0n) is 11.1. The van der Waals surface area contributed by atoms with Crippen molar-refractivity contribution in [3.8, 4) is 0 Å². The summed E-state index contributed by atoms with van der Waals surface area (Å²) in [7, 11) is 0. The second kappa shape index (κ2) is 4.63. The van der Waals surface area contributed by atoms with Gasteiger partial charge in [0.05, 0.1) is 0 Å². The van der Waals surface area contributed by atoms with E-state index >= 15 is 0 Å². The normalized spacial score (nSPS) is 32.6. The Morgan fingerprint density at radius 2 is 2.00 bits per heavy atom. The first-order valence-electron chi connectivity index (χ1n) is 6.78. The van der Waals surface area contributed by atoms with Crippen LogP contribution in [-0.4, -0.2) is 54.1 Å². The zero-order chi connectivity index (χ0) is 11.8. The molecular weight excluding hydrogens is 198 g/mol. The lowest BCUT2D eigenvalue weighted by Crippen LogP contribution is -2.57. The van der Waals surface area contributed by atoms with Gasteiger partial charge in [0.25, 0.3) is 0 Å². The van der Waals surface area contributed by atoms with Crippen molar-refractivity contribution in [1.82, 2.24) is 9.80 Å². The van der Waals surface area contributed by atoms with Crippen molar-refractivity contribution in [3.63, 3.8) is 0 Å². The Bertz CT molecular complexity index is 235. The van der Waals surface area contributed by atoms with Gasteiger partial charge in [0, 0.05) is 37.8 Å². The molecule has 0 aromatic rings. The maximum atomic E-state index is 6.41. The number of rotatable bonds is 4. The molecule has 2 fully saturated rings. The Balaban J connectivity index is 1.83. The molecule has 2 unspecified atom stereocenters. The van der Waals surface area contributed by atoms with E-state index < -0.39 is 0 Å². The lowest BCUT2D eigenvalue weighted by Gasteiger charge is -2.42. The topological polar surface area (TPSA) is 32.5 Å². The van der Waals surface area contributed by atoms with Crippen molar-refractivity contribution in [2.75, 3.05) is 32.7 Å². The van der Waals surface area contributed by atoms with Crippen molar-refractivity contribution >= 4 is 0 Å². The molecule has 94 valence electrons. The number of likely N-dealkylation sites (N-methyl/N-ethyl adjacent to an activating group) is 1. The minimum Gasteiger partial charge on any atom is -0.324 e. The first-order chi connectivity index (χ1) is 7.53. The van der Waals surface area contributed by atoms with E-state index in [4.69, 9.17) is 5.73 Å². The van der Waals surface area contributed by atoms with Gasteiger partial charge in [-0.1, -0.05) is 6.92 Å². The predicted octanol–water partition coefficient (Wildman–Crippen LogP) is 1.14. The van der Waals surface area contributed by atoms with Gasteiger partial charge in [0.1, 0.15) is 0 Å². The Hall–Kier alpha value is -0.120. The van der Waals surface area contributed by atoms with Crippen LogP contribution >= 0.6 is 0 Å². The second-order valence-electron chi connectivity index (χ2n) is 5.99. The molecule has 3 nitrogen and oxygen atoms in total. The van der Waals surface area contributed by atoms with Crippen LogP contribution in [0.15, 0.2) is 0 Å². The van der Waals surface area contributed by atoms with E-state index in [0.29, 0.717) is 6.04 Å². The average Bonchev–Trinajstić information content (AvgIpc) is 3.00. The van der Waals surface area contributed by atoms with Crippen molar-refractivity contribution in [1.29, 1.82) is 0 Å². The van der Waals surface area contributed by atoms with Crippen molar-refractivity contribution < 1.29 is 0 Å². The van der Waals surface area contributed by atoms with Crippen LogP contribution in [0, 0.1) is 5.92 Å². The van der Waals surface area contributed by atoms with E-state index in [9.17, 15) is 0 Å². The molecule has 0 aromatic heterocycles. The van der Waals surface area contributed by atoms with Crippen LogP contribution in [0.3, 0.4) is 0 Å². The number of hydrogen-bond donors (Lipinski definition) is 1. The van der Waals surface area contributed by atoms with Gasteiger partial charge in [-0.25, -0.2) is 0 Å². The summed E-state index contributed by atoms with van der Waals surface area (Å²) in [6.45, 7) is 12.7. The number of hydrogen-bond acceptors (Lipinski definition) is 3. The molecule has 16 heavy (non-hydrogen) atoms. The van der Waals surface area contributed by atoms with Crippen LogP contribution in [0.25, 0.3) is 0 Å². The van der Waals surface area contributed by atoms with E-state index in [1.165, 1.54) is 39.0 Å². The molecule has 1 aliphatic carbocycles. The highest BCUT2D eigenvalue weighted by atomic mass is 15.3. The highest BCUT2D eigenvalue weighted by molar-refractivity contribution is 4.98. The molecule has 0 bridgehead atoms. The largest absolute Gasteiger partial charge is 0.324 e. The minimum atomic E-state index is 0.0497. The summed E-state index contributed by atoms with van der Waals surface area (Å²) in [5, 5.41) is 0. The molecule has 2 N–H and O–H groups in total. The van der Waals surface area contributed by atoms with Crippen LogP contribution in [0.5, 0.6) is 0 Å². The van der Waals surface area contributed by atoms with Gasteiger partial charge in [0.15, 0.2) is 0 Å². The smallest absolute Gasteiger partial charge is 0.0283 e. The lowest BCUT2D eigenvalue weighted by atomic mass is 9.96. The fourth-order valence-electron chi connectivity index (χ4n) is 3.04. The quantitative estimate of drug-likeness (QED) is 0.779. The highest BCUT2D eigenvalue weighted by Crippen LogP contribution is 2.38. The summed E-state index contributed by atoms with van der Waals surface area (Å²) in [4.78, 5) is 5.12. The summed E-state index contributed by atoms with van der Waals surface area (Å²) in [5.41, 5.74) is 6.46. The van der Waals surface area contributed by atoms with Gasteiger partial charge >= 0.3 is 0 Å². The van der Waals surface area contributed by atoms with Gasteiger partial charge in [0.2, 0.25) is 0 Å². The van der Waals surface area contributed by atoms with Crippen molar-refractivity contribution in [2.45, 2.75) is 45.2 Å². The molecule has 0 amide bonds. The molecule has 2 atom stereocenters. The first-order valence-corrected chi connectivity index (χ1v) is 6.78. The second-order valence-corrected chi connectivity index (χ2v) is 5.99. The van der Waals surface area contributed by atoms with E-state index in [-0.39, 0.29) is 5.54 Å². The average molecular weight is 225 g/mol. The fraction of sp³-hybridized carbons (Fsp3) is 1.00. The van der Waals surface area contributed by atoms with Gasteiger partial charge in [-0.3, -0.25) is 9.80 Å². The van der Waals surface area contributed by atoms with Crippen LogP contribution in [0.4, 0.5) is 0 Å². The molecule has 2 aliphatic rings. The SMILES string of the molecule is CCN1CCN(CC(C)(N)C2CC2)CC1C. The summed E-state index contributed by atoms with van der Waals surface area (Å²) in [6, 6.07) is 0.689. The Morgan fingerprint density at radius 1 is 1.31 bits per heavy atom. The monoisotopic (exact) mass is 225 g/mol. The van der Waals surface area contributed by atoms with Crippen LogP contribution in [-0.2, 0) is 0 Å². The maximum Gasteiger partial charge on any atom is 0.0283 e. The van der Waals surface area contributed by atoms with E-state index in [1.54, 1.807) is 0 Å². The van der Waals surface area contributed by atoms with Crippen LogP contribution in [0.1, 0.15) is 33.6 Å². The third kappa shape index (κ3) is 2.76. The summed E-state index contributed by atoms with van der Waals surface area (Å²) >= 11 is 0. The summed E-state index contributed by atoms with van der Waals surface area (Å²) in [6.07, 6.45) is 2.69. The third-order valence-electron chi connectivity index (χ3n) is 4.33. The molecule has 1 heterocycles.